The van der Waals surface area contributed by atoms with Crippen LogP contribution in [0.15, 0.2) is 18.3 Å². The van der Waals surface area contributed by atoms with Gasteiger partial charge in [-0.05, 0) is 37.5 Å². The lowest BCUT2D eigenvalue weighted by atomic mass is 10.1. The van der Waals surface area contributed by atoms with E-state index in [1.165, 1.54) is 0 Å². The fraction of sp³-hybridized carbons (Fsp3) is 0.571. The number of hydrogen-bond acceptors (Lipinski definition) is 3. The first-order chi connectivity index (χ1) is 8.40. The maximum Gasteiger partial charge on any atom is 0.141 e. The highest BCUT2D eigenvalue weighted by molar-refractivity contribution is 5.93. The van der Waals surface area contributed by atoms with E-state index in [1.54, 1.807) is 6.20 Å². The molecule has 0 bridgehead atoms. The molecule has 4 nitrogen and oxygen atoms in total. The van der Waals surface area contributed by atoms with Crippen molar-refractivity contribution in [3.63, 3.8) is 0 Å². The van der Waals surface area contributed by atoms with E-state index >= 15 is 0 Å². The van der Waals surface area contributed by atoms with Crippen LogP contribution >= 0.6 is 0 Å². The SMILES string of the molecule is CC(C)CN(Cc1ccnc(C(=N)N)c1)C(C)C. The van der Waals surface area contributed by atoms with Crippen molar-refractivity contribution in [2.24, 2.45) is 11.7 Å². The molecule has 1 rings (SSSR count). The van der Waals surface area contributed by atoms with Crippen molar-refractivity contribution in [1.82, 2.24) is 9.88 Å². The predicted molar refractivity (Wildman–Crippen MR) is 75.6 cm³/mol. The molecule has 0 aliphatic heterocycles. The molecular formula is C14H24N4. The van der Waals surface area contributed by atoms with E-state index in [9.17, 15) is 0 Å². The molecule has 0 fully saturated rings. The molecule has 0 saturated carbocycles. The van der Waals surface area contributed by atoms with Crippen LogP contribution < -0.4 is 5.73 Å². The van der Waals surface area contributed by atoms with Crippen LogP contribution in [0.2, 0.25) is 0 Å². The van der Waals surface area contributed by atoms with E-state index in [-0.39, 0.29) is 5.84 Å². The summed E-state index contributed by atoms with van der Waals surface area (Å²) in [4.78, 5) is 6.50. The number of amidine groups is 1. The Kier molecular flexibility index (Phi) is 5.28. The molecule has 0 spiro atoms. The fourth-order valence-electron chi connectivity index (χ4n) is 1.88. The van der Waals surface area contributed by atoms with Gasteiger partial charge >= 0.3 is 0 Å². The number of pyridine rings is 1. The first-order valence-corrected chi connectivity index (χ1v) is 6.43. The van der Waals surface area contributed by atoms with E-state index < -0.39 is 0 Å². The average molecular weight is 248 g/mol. The van der Waals surface area contributed by atoms with Gasteiger partial charge in [0.15, 0.2) is 0 Å². The smallest absolute Gasteiger partial charge is 0.141 e. The summed E-state index contributed by atoms with van der Waals surface area (Å²) >= 11 is 0. The van der Waals surface area contributed by atoms with E-state index in [0.29, 0.717) is 17.7 Å². The lowest BCUT2D eigenvalue weighted by Gasteiger charge is -2.28. The molecule has 0 amide bonds. The molecule has 0 atom stereocenters. The highest BCUT2D eigenvalue weighted by Gasteiger charge is 2.12. The van der Waals surface area contributed by atoms with Gasteiger partial charge in [0.2, 0.25) is 0 Å². The maximum absolute atomic E-state index is 7.41. The Labute approximate surface area is 110 Å². The van der Waals surface area contributed by atoms with Gasteiger partial charge in [-0.25, -0.2) is 0 Å². The minimum atomic E-state index is 0.0248. The molecule has 1 aromatic rings. The Morgan fingerprint density at radius 3 is 2.56 bits per heavy atom. The van der Waals surface area contributed by atoms with Gasteiger partial charge in [0.05, 0.1) is 0 Å². The van der Waals surface area contributed by atoms with E-state index in [0.717, 1.165) is 18.7 Å². The molecule has 0 aliphatic rings. The number of rotatable bonds is 6. The fourth-order valence-corrected chi connectivity index (χ4v) is 1.88. The standard InChI is InChI=1S/C14H24N4/c1-10(2)8-18(11(3)4)9-12-5-6-17-13(7-12)14(15)16/h5-7,10-11H,8-9H2,1-4H3,(H3,15,16). The Bertz CT molecular complexity index is 399. The molecule has 3 N–H and O–H groups in total. The second kappa shape index (κ2) is 6.50. The van der Waals surface area contributed by atoms with Gasteiger partial charge in [-0.3, -0.25) is 15.3 Å². The van der Waals surface area contributed by atoms with Crippen molar-refractivity contribution < 1.29 is 0 Å². The van der Waals surface area contributed by atoms with Gasteiger partial charge in [0.25, 0.3) is 0 Å². The summed E-state index contributed by atoms with van der Waals surface area (Å²) < 4.78 is 0. The second-order valence-corrected chi connectivity index (χ2v) is 5.38. The van der Waals surface area contributed by atoms with Crippen molar-refractivity contribution in [1.29, 1.82) is 5.41 Å². The van der Waals surface area contributed by atoms with Crippen LogP contribution in [-0.2, 0) is 6.54 Å². The Hall–Kier alpha value is -1.42. The summed E-state index contributed by atoms with van der Waals surface area (Å²) in [7, 11) is 0. The van der Waals surface area contributed by atoms with Crippen LogP contribution in [0.3, 0.4) is 0 Å². The lowest BCUT2D eigenvalue weighted by Crippen LogP contribution is -2.33. The van der Waals surface area contributed by atoms with Crippen molar-refractivity contribution in [2.75, 3.05) is 6.54 Å². The lowest BCUT2D eigenvalue weighted by molar-refractivity contribution is 0.189. The number of nitrogen functional groups attached to an aromatic ring is 1. The summed E-state index contributed by atoms with van der Waals surface area (Å²) in [6, 6.07) is 4.39. The summed E-state index contributed by atoms with van der Waals surface area (Å²) in [6.45, 7) is 10.8. The topological polar surface area (TPSA) is 66.0 Å². The van der Waals surface area contributed by atoms with Crippen molar-refractivity contribution in [2.45, 2.75) is 40.3 Å². The summed E-state index contributed by atoms with van der Waals surface area (Å²) in [5.41, 5.74) is 7.17. The quantitative estimate of drug-likeness (QED) is 0.599. The van der Waals surface area contributed by atoms with Gasteiger partial charge in [-0.2, -0.15) is 0 Å². The highest BCUT2D eigenvalue weighted by Crippen LogP contribution is 2.11. The Morgan fingerprint density at radius 1 is 1.39 bits per heavy atom. The van der Waals surface area contributed by atoms with Gasteiger partial charge in [-0.1, -0.05) is 13.8 Å². The molecule has 0 aliphatic carbocycles. The molecular weight excluding hydrogens is 224 g/mol. The normalized spacial score (nSPS) is 11.5. The van der Waals surface area contributed by atoms with Crippen LogP contribution in [0, 0.1) is 11.3 Å². The molecule has 0 saturated heterocycles. The molecule has 0 radical (unpaired) electrons. The maximum atomic E-state index is 7.41. The zero-order valence-electron chi connectivity index (χ0n) is 11.8. The zero-order chi connectivity index (χ0) is 13.7. The molecule has 0 aromatic carbocycles. The van der Waals surface area contributed by atoms with Gasteiger partial charge in [0, 0.05) is 25.3 Å². The third kappa shape index (κ3) is 4.45. The van der Waals surface area contributed by atoms with E-state index in [2.05, 4.69) is 37.6 Å². The molecule has 4 heteroatoms. The second-order valence-electron chi connectivity index (χ2n) is 5.38. The van der Waals surface area contributed by atoms with Gasteiger partial charge < -0.3 is 5.73 Å². The van der Waals surface area contributed by atoms with Crippen LogP contribution in [0.4, 0.5) is 0 Å². The minimum Gasteiger partial charge on any atom is -0.382 e. The summed E-state index contributed by atoms with van der Waals surface area (Å²) in [5.74, 6) is 0.665. The molecule has 1 aromatic heterocycles. The van der Waals surface area contributed by atoms with Crippen LogP contribution in [0.5, 0.6) is 0 Å². The molecule has 0 unspecified atom stereocenters. The molecule has 18 heavy (non-hydrogen) atoms. The average Bonchev–Trinajstić information content (AvgIpc) is 2.27. The number of aromatic nitrogens is 1. The highest BCUT2D eigenvalue weighted by atomic mass is 15.1. The number of nitrogens with two attached hydrogens (primary N) is 1. The third-order valence-electron chi connectivity index (χ3n) is 2.82. The van der Waals surface area contributed by atoms with Crippen molar-refractivity contribution >= 4 is 5.84 Å². The van der Waals surface area contributed by atoms with Crippen LogP contribution in [-0.4, -0.2) is 28.3 Å². The first-order valence-electron chi connectivity index (χ1n) is 6.43. The van der Waals surface area contributed by atoms with Crippen molar-refractivity contribution in [3.05, 3.63) is 29.6 Å². The number of nitrogens with zero attached hydrogens (tertiary/aromatic N) is 2. The predicted octanol–water partition coefficient (Wildman–Crippen LogP) is 2.23. The monoisotopic (exact) mass is 248 g/mol. The number of hydrogen-bond donors (Lipinski definition) is 2. The van der Waals surface area contributed by atoms with Crippen LogP contribution in [0.1, 0.15) is 39.0 Å². The summed E-state index contributed by atoms with van der Waals surface area (Å²) in [6.07, 6.45) is 1.72. The Morgan fingerprint density at radius 2 is 2.06 bits per heavy atom. The van der Waals surface area contributed by atoms with Gasteiger partial charge in [-0.15, -0.1) is 0 Å². The first kappa shape index (κ1) is 14.6. The minimum absolute atomic E-state index is 0.0248. The van der Waals surface area contributed by atoms with E-state index in [1.807, 2.05) is 12.1 Å². The van der Waals surface area contributed by atoms with Crippen LogP contribution in [0.25, 0.3) is 0 Å². The summed E-state index contributed by atoms with van der Waals surface area (Å²) in [5, 5.41) is 7.41. The van der Waals surface area contributed by atoms with Gasteiger partial charge in [0.1, 0.15) is 11.5 Å². The largest absolute Gasteiger partial charge is 0.382 e. The van der Waals surface area contributed by atoms with Crippen molar-refractivity contribution in [3.8, 4) is 0 Å². The van der Waals surface area contributed by atoms with E-state index in [4.69, 9.17) is 11.1 Å². The molecule has 100 valence electrons. The zero-order valence-corrected chi connectivity index (χ0v) is 11.8. The molecule has 1 heterocycles. The third-order valence-corrected chi connectivity index (χ3v) is 2.82. The Balaban J connectivity index is 2.80. The number of nitrogens with one attached hydrogen (secondary N) is 1.